The number of rotatable bonds is 3. The van der Waals surface area contributed by atoms with E-state index in [1.54, 1.807) is 17.0 Å². The van der Waals surface area contributed by atoms with Crippen molar-refractivity contribution >= 4 is 34.8 Å². The quantitative estimate of drug-likeness (QED) is 0.920. The van der Waals surface area contributed by atoms with Crippen LogP contribution in [-0.2, 0) is 4.79 Å². The number of carbonyl (C=O) groups excluding carboxylic acids is 1. The highest BCUT2D eigenvalue weighted by molar-refractivity contribution is 7.17. The molecule has 0 spiro atoms. The fraction of sp³-hybridized carbons (Fsp3) is 0.455. The number of hydrogen-bond acceptors (Lipinski definition) is 3. The standard InChI is InChI=1S/C11H12ClNO3S/c12-9-4-3-8(17-9)11(16)13-5-1-2-7(13)6-10(14)15/h3-4,7H,1-2,5-6H2,(H,14,15). The van der Waals surface area contributed by atoms with E-state index in [4.69, 9.17) is 16.7 Å². The van der Waals surface area contributed by atoms with Crippen molar-refractivity contribution in [1.29, 1.82) is 0 Å². The maximum Gasteiger partial charge on any atom is 0.305 e. The second-order valence-electron chi connectivity index (χ2n) is 4.00. The van der Waals surface area contributed by atoms with Crippen molar-refractivity contribution in [2.24, 2.45) is 0 Å². The van der Waals surface area contributed by atoms with Crippen LogP contribution < -0.4 is 0 Å². The van der Waals surface area contributed by atoms with E-state index in [2.05, 4.69) is 0 Å². The molecule has 92 valence electrons. The number of carbonyl (C=O) groups is 2. The van der Waals surface area contributed by atoms with Gasteiger partial charge in [-0.3, -0.25) is 9.59 Å². The summed E-state index contributed by atoms with van der Waals surface area (Å²) < 4.78 is 0.572. The lowest BCUT2D eigenvalue weighted by atomic mass is 10.1. The summed E-state index contributed by atoms with van der Waals surface area (Å²) in [6.45, 7) is 0.631. The highest BCUT2D eigenvalue weighted by atomic mass is 35.5. The topological polar surface area (TPSA) is 57.6 Å². The zero-order valence-electron chi connectivity index (χ0n) is 9.06. The number of halogens is 1. The molecule has 6 heteroatoms. The number of amides is 1. The van der Waals surface area contributed by atoms with Gasteiger partial charge in [0.25, 0.3) is 5.91 Å². The molecule has 1 atom stereocenters. The molecule has 0 saturated carbocycles. The predicted octanol–water partition coefficient (Wildman–Crippen LogP) is 2.48. The van der Waals surface area contributed by atoms with Gasteiger partial charge in [0.2, 0.25) is 0 Å². The molecule has 17 heavy (non-hydrogen) atoms. The minimum atomic E-state index is -0.862. The third-order valence-corrected chi connectivity index (χ3v) is 4.05. The van der Waals surface area contributed by atoms with Gasteiger partial charge in [0.05, 0.1) is 15.6 Å². The minimum Gasteiger partial charge on any atom is -0.481 e. The molecule has 0 bridgehead atoms. The summed E-state index contributed by atoms with van der Waals surface area (Å²) in [6, 6.07) is 3.19. The van der Waals surface area contributed by atoms with Crippen LogP contribution in [0.2, 0.25) is 4.34 Å². The van der Waals surface area contributed by atoms with Crippen molar-refractivity contribution in [2.45, 2.75) is 25.3 Å². The summed E-state index contributed by atoms with van der Waals surface area (Å²) >= 11 is 7.02. The molecule has 0 radical (unpaired) electrons. The maximum atomic E-state index is 12.1. The molecule has 2 rings (SSSR count). The first-order valence-corrected chi connectivity index (χ1v) is 6.55. The predicted molar refractivity (Wildman–Crippen MR) is 65.6 cm³/mol. The molecule has 4 nitrogen and oxygen atoms in total. The molecule has 1 saturated heterocycles. The molecule has 0 aromatic carbocycles. The summed E-state index contributed by atoms with van der Waals surface area (Å²) in [5.74, 6) is -0.968. The number of nitrogens with zero attached hydrogens (tertiary/aromatic N) is 1. The Morgan fingerprint density at radius 3 is 2.88 bits per heavy atom. The van der Waals surface area contributed by atoms with E-state index < -0.39 is 5.97 Å². The fourth-order valence-electron chi connectivity index (χ4n) is 2.09. The third kappa shape index (κ3) is 2.79. The zero-order valence-corrected chi connectivity index (χ0v) is 10.6. The van der Waals surface area contributed by atoms with E-state index in [0.29, 0.717) is 15.8 Å². The Morgan fingerprint density at radius 2 is 2.29 bits per heavy atom. The lowest BCUT2D eigenvalue weighted by Gasteiger charge is -2.22. The Morgan fingerprint density at radius 1 is 1.53 bits per heavy atom. The first-order valence-electron chi connectivity index (χ1n) is 5.36. The van der Waals surface area contributed by atoms with E-state index in [1.807, 2.05) is 0 Å². The van der Waals surface area contributed by atoms with E-state index in [0.717, 1.165) is 12.8 Å². The highest BCUT2D eigenvalue weighted by Crippen LogP contribution is 2.27. The monoisotopic (exact) mass is 273 g/mol. The molecular formula is C11H12ClNO3S. The molecule has 0 aliphatic carbocycles. The molecule has 2 heterocycles. The first-order chi connectivity index (χ1) is 8.08. The van der Waals surface area contributed by atoms with Crippen LogP contribution in [0.3, 0.4) is 0 Å². The summed E-state index contributed by atoms with van der Waals surface area (Å²) in [4.78, 5) is 25.1. The van der Waals surface area contributed by atoms with Crippen molar-refractivity contribution in [3.8, 4) is 0 Å². The van der Waals surface area contributed by atoms with Gasteiger partial charge in [0.1, 0.15) is 0 Å². The van der Waals surface area contributed by atoms with Gasteiger partial charge >= 0.3 is 5.97 Å². The summed E-state index contributed by atoms with van der Waals surface area (Å²) in [7, 11) is 0. The lowest BCUT2D eigenvalue weighted by Crippen LogP contribution is -2.36. The molecule has 1 aliphatic rings. The number of aliphatic carboxylic acids is 1. The molecular weight excluding hydrogens is 262 g/mol. The third-order valence-electron chi connectivity index (χ3n) is 2.83. The molecule has 1 aliphatic heterocycles. The SMILES string of the molecule is O=C(O)CC1CCCN1C(=O)c1ccc(Cl)s1. The van der Waals surface area contributed by atoms with Gasteiger partial charge in [0.15, 0.2) is 0 Å². The van der Waals surface area contributed by atoms with Crippen LogP contribution >= 0.6 is 22.9 Å². The van der Waals surface area contributed by atoms with Gasteiger partial charge in [-0.2, -0.15) is 0 Å². The van der Waals surface area contributed by atoms with Crippen molar-refractivity contribution in [3.63, 3.8) is 0 Å². The van der Waals surface area contributed by atoms with Gasteiger partial charge in [-0.05, 0) is 25.0 Å². The fourth-order valence-corrected chi connectivity index (χ4v) is 3.09. The molecule has 1 aromatic heterocycles. The number of carboxylic acid groups (broad SMARTS) is 1. The van der Waals surface area contributed by atoms with Crippen molar-refractivity contribution in [2.75, 3.05) is 6.54 Å². The highest BCUT2D eigenvalue weighted by Gasteiger charge is 2.31. The normalized spacial score (nSPS) is 19.6. The Bertz CT molecular complexity index is 446. The van der Waals surface area contributed by atoms with Crippen LogP contribution in [0.25, 0.3) is 0 Å². The second-order valence-corrected chi connectivity index (χ2v) is 5.71. The summed E-state index contributed by atoms with van der Waals surface area (Å²) in [6.07, 6.45) is 1.64. The van der Waals surface area contributed by atoms with Crippen molar-refractivity contribution < 1.29 is 14.7 Å². The van der Waals surface area contributed by atoms with Crippen LogP contribution in [0.5, 0.6) is 0 Å². The van der Waals surface area contributed by atoms with Crippen LogP contribution in [0.1, 0.15) is 28.9 Å². The smallest absolute Gasteiger partial charge is 0.305 e. The van der Waals surface area contributed by atoms with Gasteiger partial charge in [-0.1, -0.05) is 11.6 Å². The van der Waals surface area contributed by atoms with E-state index >= 15 is 0 Å². The van der Waals surface area contributed by atoms with E-state index in [1.165, 1.54) is 11.3 Å². The average Bonchev–Trinajstić information content (AvgIpc) is 2.85. The number of likely N-dealkylation sites (tertiary alicyclic amines) is 1. The van der Waals surface area contributed by atoms with Gasteiger partial charge in [-0.15, -0.1) is 11.3 Å². The zero-order chi connectivity index (χ0) is 12.4. The molecule has 1 unspecified atom stereocenters. The second kappa shape index (κ2) is 5.06. The van der Waals surface area contributed by atoms with Crippen molar-refractivity contribution in [3.05, 3.63) is 21.3 Å². The average molecular weight is 274 g/mol. The summed E-state index contributed by atoms with van der Waals surface area (Å²) in [5, 5.41) is 8.79. The molecule has 1 N–H and O–H groups in total. The van der Waals surface area contributed by atoms with Gasteiger partial charge in [-0.25, -0.2) is 0 Å². The summed E-state index contributed by atoms with van der Waals surface area (Å²) in [5.41, 5.74) is 0. The Hall–Kier alpha value is -1.07. The van der Waals surface area contributed by atoms with Crippen LogP contribution in [0.15, 0.2) is 12.1 Å². The van der Waals surface area contributed by atoms with Crippen LogP contribution in [-0.4, -0.2) is 34.5 Å². The van der Waals surface area contributed by atoms with Crippen LogP contribution in [0.4, 0.5) is 0 Å². The molecule has 1 fully saturated rings. The maximum absolute atomic E-state index is 12.1. The number of thiophene rings is 1. The first kappa shape index (κ1) is 12.4. The minimum absolute atomic E-state index is 0.0187. The number of carboxylic acids is 1. The Kier molecular flexibility index (Phi) is 3.69. The lowest BCUT2D eigenvalue weighted by molar-refractivity contribution is -0.137. The number of hydrogen-bond donors (Lipinski definition) is 1. The van der Waals surface area contributed by atoms with Crippen LogP contribution in [0, 0.1) is 0 Å². The van der Waals surface area contributed by atoms with E-state index in [9.17, 15) is 9.59 Å². The van der Waals surface area contributed by atoms with Crippen molar-refractivity contribution in [1.82, 2.24) is 4.90 Å². The van der Waals surface area contributed by atoms with E-state index in [-0.39, 0.29) is 18.4 Å². The Balaban J connectivity index is 2.10. The van der Waals surface area contributed by atoms with Gasteiger partial charge in [0, 0.05) is 12.6 Å². The Labute approximate surface area is 108 Å². The molecule has 1 aromatic rings. The largest absolute Gasteiger partial charge is 0.481 e. The molecule has 1 amide bonds. The van der Waals surface area contributed by atoms with Gasteiger partial charge < -0.3 is 10.0 Å².